The topological polar surface area (TPSA) is 73.2 Å². The van der Waals surface area contributed by atoms with Crippen molar-refractivity contribution in [3.63, 3.8) is 0 Å². The van der Waals surface area contributed by atoms with Gasteiger partial charge in [0.05, 0.1) is 23.9 Å². The van der Waals surface area contributed by atoms with E-state index in [2.05, 4.69) is 45.1 Å². The van der Waals surface area contributed by atoms with Crippen LogP contribution in [0, 0.1) is 5.92 Å². The third kappa shape index (κ3) is 6.13. The summed E-state index contributed by atoms with van der Waals surface area (Å²) in [6, 6.07) is 16.0. The highest BCUT2D eigenvalue weighted by Crippen LogP contribution is 2.37. The number of anilines is 1. The van der Waals surface area contributed by atoms with Crippen LogP contribution >= 0.6 is 23.1 Å². The van der Waals surface area contributed by atoms with Crippen molar-refractivity contribution in [3.8, 4) is 5.75 Å². The molecule has 0 saturated heterocycles. The fourth-order valence-corrected chi connectivity index (χ4v) is 7.44. The smallest absolute Gasteiger partial charge is 0.263 e. The van der Waals surface area contributed by atoms with E-state index in [1.54, 1.807) is 23.0 Å². The number of ether oxygens (including phenoxy) is 1. The van der Waals surface area contributed by atoms with Crippen LogP contribution in [0.2, 0.25) is 0 Å². The van der Waals surface area contributed by atoms with Gasteiger partial charge < -0.3 is 10.1 Å². The maximum atomic E-state index is 13.9. The number of nitrogens with one attached hydrogen (secondary N) is 1. The lowest BCUT2D eigenvalue weighted by Gasteiger charge is -2.21. The highest BCUT2D eigenvalue weighted by Gasteiger charge is 2.25. The minimum atomic E-state index is -0.169. The summed E-state index contributed by atoms with van der Waals surface area (Å²) < 4.78 is 7.28. The molecule has 40 heavy (non-hydrogen) atoms. The standard InChI is InChI=1S/C32H37N3O3S2/c1-20-11-13-23-26(17-20)40-29-28(23)30(37)35(16-15-21-9-7-6-8-10-21)31(34-29)39-19-27(36)33-24-18-22(32(2,3)4)12-14-25(24)38-5/h6-10,12,14,18,20H,11,13,15-17,19H2,1-5H3,(H,33,36). The van der Waals surface area contributed by atoms with Gasteiger partial charge in [0.15, 0.2) is 5.16 Å². The second-order valence-corrected chi connectivity index (χ2v) is 13.6. The summed E-state index contributed by atoms with van der Waals surface area (Å²) in [5, 5.41) is 4.38. The minimum absolute atomic E-state index is 0.00967. The van der Waals surface area contributed by atoms with Gasteiger partial charge in [-0.05, 0) is 65.8 Å². The lowest BCUT2D eigenvalue weighted by Crippen LogP contribution is -2.26. The Hall–Kier alpha value is -3.10. The van der Waals surface area contributed by atoms with E-state index in [0.717, 1.165) is 40.6 Å². The van der Waals surface area contributed by atoms with Gasteiger partial charge in [-0.2, -0.15) is 0 Å². The van der Waals surface area contributed by atoms with Crippen molar-refractivity contribution >= 4 is 44.9 Å². The zero-order valence-electron chi connectivity index (χ0n) is 23.9. The maximum absolute atomic E-state index is 13.9. The normalized spacial score (nSPS) is 15.2. The number of hydrogen-bond donors (Lipinski definition) is 1. The molecule has 0 fully saturated rings. The van der Waals surface area contributed by atoms with Crippen LogP contribution in [0.5, 0.6) is 5.75 Å². The Balaban J connectivity index is 1.43. The van der Waals surface area contributed by atoms with E-state index in [-0.39, 0.29) is 22.6 Å². The van der Waals surface area contributed by atoms with Gasteiger partial charge in [-0.3, -0.25) is 14.2 Å². The number of rotatable bonds is 8. The van der Waals surface area contributed by atoms with Crippen molar-refractivity contribution in [2.24, 2.45) is 5.92 Å². The van der Waals surface area contributed by atoms with Gasteiger partial charge >= 0.3 is 0 Å². The number of amides is 1. The summed E-state index contributed by atoms with van der Waals surface area (Å²) in [6.07, 6.45) is 3.74. The predicted octanol–water partition coefficient (Wildman–Crippen LogP) is 6.86. The highest BCUT2D eigenvalue weighted by molar-refractivity contribution is 7.99. The molecule has 0 radical (unpaired) electrons. The number of carbonyl (C=O) groups excluding carboxylic acids is 1. The Morgan fingerprint density at radius 1 is 1.20 bits per heavy atom. The zero-order chi connectivity index (χ0) is 28.4. The Bertz CT molecular complexity index is 1590. The molecule has 1 unspecified atom stereocenters. The minimum Gasteiger partial charge on any atom is -0.495 e. The van der Waals surface area contributed by atoms with Crippen LogP contribution in [0.3, 0.4) is 0 Å². The largest absolute Gasteiger partial charge is 0.495 e. The van der Waals surface area contributed by atoms with Gasteiger partial charge in [-0.1, -0.05) is 75.9 Å². The molecule has 2 aromatic carbocycles. The fourth-order valence-electron chi connectivity index (χ4n) is 5.19. The molecule has 6 nitrogen and oxygen atoms in total. The molecule has 1 aliphatic carbocycles. The second kappa shape index (κ2) is 11.8. The van der Waals surface area contributed by atoms with Crippen LogP contribution in [-0.2, 0) is 36.0 Å². The first-order valence-corrected chi connectivity index (χ1v) is 15.6. The third-order valence-corrected chi connectivity index (χ3v) is 9.64. The number of nitrogens with zero attached hydrogens (tertiary/aromatic N) is 2. The molecule has 8 heteroatoms. The number of benzene rings is 2. The number of carbonyl (C=O) groups is 1. The molecule has 4 aromatic rings. The highest BCUT2D eigenvalue weighted by atomic mass is 32.2. The first kappa shape index (κ1) is 28.4. The average Bonchev–Trinajstić information content (AvgIpc) is 3.29. The van der Waals surface area contributed by atoms with Gasteiger partial charge in [-0.25, -0.2) is 4.98 Å². The molecule has 210 valence electrons. The van der Waals surface area contributed by atoms with E-state index in [1.807, 2.05) is 36.4 Å². The maximum Gasteiger partial charge on any atom is 0.263 e. The van der Waals surface area contributed by atoms with Crippen molar-refractivity contribution < 1.29 is 9.53 Å². The lowest BCUT2D eigenvalue weighted by molar-refractivity contribution is -0.113. The Morgan fingerprint density at radius 3 is 2.70 bits per heavy atom. The first-order chi connectivity index (χ1) is 19.1. The summed E-state index contributed by atoms with van der Waals surface area (Å²) >= 11 is 2.96. The van der Waals surface area contributed by atoms with Crippen LogP contribution in [0.4, 0.5) is 5.69 Å². The quantitative estimate of drug-likeness (QED) is 0.184. The lowest BCUT2D eigenvalue weighted by atomic mass is 9.87. The van der Waals surface area contributed by atoms with E-state index in [0.29, 0.717) is 35.5 Å². The van der Waals surface area contributed by atoms with Crippen LogP contribution in [0.25, 0.3) is 10.2 Å². The van der Waals surface area contributed by atoms with Crippen LogP contribution in [0.15, 0.2) is 58.5 Å². The number of aryl methyl sites for hydroxylation is 2. The molecule has 2 heterocycles. The van der Waals surface area contributed by atoms with Gasteiger partial charge in [0.2, 0.25) is 5.91 Å². The van der Waals surface area contributed by atoms with Crippen molar-refractivity contribution in [2.75, 3.05) is 18.2 Å². The Labute approximate surface area is 244 Å². The van der Waals surface area contributed by atoms with Crippen LogP contribution < -0.4 is 15.6 Å². The van der Waals surface area contributed by atoms with Crippen molar-refractivity contribution in [3.05, 3.63) is 80.5 Å². The molecule has 1 atom stereocenters. The summed E-state index contributed by atoms with van der Waals surface area (Å²) in [5.74, 6) is 1.20. The van der Waals surface area contributed by atoms with Gasteiger partial charge in [0.25, 0.3) is 5.56 Å². The van der Waals surface area contributed by atoms with Crippen molar-refractivity contribution in [1.29, 1.82) is 0 Å². The molecule has 0 aliphatic heterocycles. The van der Waals surface area contributed by atoms with E-state index >= 15 is 0 Å². The molecule has 5 rings (SSSR count). The molecule has 0 spiro atoms. The second-order valence-electron chi connectivity index (χ2n) is 11.6. The number of thioether (sulfide) groups is 1. The monoisotopic (exact) mass is 575 g/mol. The summed E-state index contributed by atoms with van der Waals surface area (Å²) in [5.41, 5.74) is 4.04. The molecule has 0 saturated carbocycles. The molecule has 0 bridgehead atoms. The van der Waals surface area contributed by atoms with Crippen LogP contribution in [0.1, 0.15) is 55.7 Å². The molecule has 1 amide bonds. The Morgan fingerprint density at radius 2 is 1.98 bits per heavy atom. The number of thiophene rings is 1. The van der Waals surface area contributed by atoms with E-state index in [4.69, 9.17) is 9.72 Å². The third-order valence-electron chi connectivity index (χ3n) is 7.52. The summed E-state index contributed by atoms with van der Waals surface area (Å²) in [6.45, 7) is 9.19. The van der Waals surface area contributed by atoms with Gasteiger partial charge in [0, 0.05) is 11.4 Å². The average molecular weight is 576 g/mol. The number of hydrogen-bond acceptors (Lipinski definition) is 6. The first-order valence-electron chi connectivity index (χ1n) is 13.8. The SMILES string of the molecule is COc1ccc(C(C)(C)C)cc1NC(=O)CSc1nc2sc3c(c2c(=O)n1CCc1ccccc1)CCC(C)C3. The number of aromatic nitrogens is 2. The molecule has 2 aromatic heterocycles. The fraction of sp³-hybridized carbons (Fsp3) is 0.406. The number of fused-ring (bicyclic) bond motifs is 3. The Kier molecular flexibility index (Phi) is 8.38. The summed E-state index contributed by atoms with van der Waals surface area (Å²) in [7, 11) is 1.60. The van der Waals surface area contributed by atoms with E-state index in [9.17, 15) is 9.59 Å². The van der Waals surface area contributed by atoms with E-state index in [1.165, 1.54) is 22.2 Å². The molecular formula is C32H37N3O3S2. The van der Waals surface area contributed by atoms with Crippen molar-refractivity contribution in [2.45, 2.75) is 70.5 Å². The molecule has 1 aliphatic rings. The molecular weight excluding hydrogens is 539 g/mol. The van der Waals surface area contributed by atoms with Gasteiger partial charge in [-0.15, -0.1) is 11.3 Å². The van der Waals surface area contributed by atoms with Gasteiger partial charge in [0.1, 0.15) is 10.6 Å². The zero-order valence-corrected chi connectivity index (χ0v) is 25.5. The van der Waals surface area contributed by atoms with E-state index < -0.39 is 0 Å². The summed E-state index contributed by atoms with van der Waals surface area (Å²) in [4.78, 5) is 34.1. The van der Waals surface area contributed by atoms with Crippen LogP contribution in [-0.4, -0.2) is 28.3 Å². The molecule has 1 N–H and O–H groups in total. The number of methoxy groups -OCH3 is 1. The predicted molar refractivity (Wildman–Crippen MR) is 166 cm³/mol. The van der Waals surface area contributed by atoms with Crippen molar-refractivity contribution in [1.82, 2.24) is 9.55 Å².